The maximum absolute atomic E-state index is 10.7. The molecular formula is C18H20NO2S+. The second kappa shape index (κ2) is 6.16. The molecule has 0 spiro atoms. The number of rotatable bonds is 4. The van der Waals surface area contributed by atoms with Crippen molar-refractivity contribution in [2.24, 2.45) is 0 Å². The van der Waals surface area contributed by atoms with Gasteiger partial charge in [-0.15, -0.1) is 0 Å². The Morgan fingerprint density at radius 2 is 1.82 bits per heavy atom. The van der Waals surface area contributed by atoms with Crippen molar-refractivity contribution < 1.29 is 14.8 Å². The zero-order chi connectivity index (χ0) is 15.7. The molecule has 3 aromatic rings. The minimum atomic E-state index is -0.578. The van der Waals surface area contributed by atoms with Crippen LogP contribution in [-0.2, 0) is 6.54 Å². The van der Waals surface area contributed by atoms with Gasteiger partial charge in [-0.3, -0.25) is 0 Å². The summed E-state index contributed by atoms with van der Waals surface area (Å²) in [6.07, 6.45) is -1.05. The topological polar surface area (TPSA) is 44.3 Å². The predicted molar refractivity (Wildman–Crippen MR) is 88.8 cm³/mol. The van der Waals surface area contributed by atoms with E-state index in [4.69, 9.17) is 0 Å². The highest BCUT2D eigenvalue weighted by molar-refractivity contribution is 7.09. The first-order chi connectivity index (χ1) is 10.6. The Morgan fingerprint density at radius 1 is 1.09 bits per heavy atom. The summed E-state index contributed by atoms with van der Waals surface area (Å²) in [5.74, 6) is 0. The van der Waals surface area contributed by atoms with Crippen LogP contribution in [0, 0.1) is 6.92 Å². The Balaban J connectivity index is 1.92. The third-order valence-corrected chi connectivity index (χ3v) is 5.28. The second-order valence-electron chi connectivity index (χ2n) is 5.59. The normalized spacial score (nSPS) is 14.2. The monoisotopic (exact) mass is 314 g/mol. The van der Waals surface area contributed by atoms with E-state index in [1.807, 2.05) is 47.3 Å². The molecule has 4 heteroatoms. The fourth-order valence-electron chi connectivity index (χ4n) is 2.83. The SMILES string of the molecule is Cc1c(C(C)O)sc[n+]1CC(O)c1cccc2ccccc12. The Morgan fingerprint density at radius 3 is 2.55 bits per heavy atom. The van der Waals surface area contributed by atoms with Crippen molar-refractivity contribution in [1.29, 1.82) is 0 Å². The average molecular weight is 314 g/mol. The molecule has 22 heavy (non-hydrogen) atoms. The predicted octanol–water partition coefficient (Wildman–Crippen LogP) is 3.28. The van der Waals surface area contributed by atoms with Gasteiger partial charge in [0.15, 0.2) is 12.2 Å². The maximum atomic E-state index is 10.7. The number of fused-ring (bicyclic) bond motifs is 1. The number of benzene rings is 2. The van der Waals surface area contributed by atoms with Gasteiger partial charge in [-0.1, -0.05) is 53.8 Å². The first-order valence-corrected chi connectivity index (χ1v) is 8.27. The third kappa shape index (κ3) is 2.77. The lowest BCUT2D eigenvalue weighted by atomic mass is 10.0. The summed E-state index contributed by atoms with van der Waals surface area (Å²) in [6, 6.07) is 14.1. The highest BCUT2D eigenvalue weighted by atomic mass is 32.1. The highest BCUT2D eigenvalue weighted by Crippen LogP contribution is 2.25. The van der Waals surface area contributed by atoms with Crippen molar-refractivity contribution in [3.05, 3.63) is 64.1 Å². The molecule has 2 atom stereocenters. The molecule has 2 aromatic carbocycles. The summed E-state index contributed by atoms with van der Waals surface area (Å²) in [5.41, 5.74) is 3.92. The minimum Gasteiger partial charge on any atom is -0.388 e. The molecule has 0 radical (unpaired) electrons. The lowest BCUT2D eigenvalue weighted by Crippen LogP contribution is -2.37. The van der Waals surface area contributed by atoms with Gasteiger partial charge in [-0.25, -0.2) is 0 Å². The van der Waals surface area contributed by atoms with Crippen LogP contribution in [-0.4, -0.2) is 10.2 Å². The summed E-state index contributed by atoms with van der Waals surface area (Å²) < 4.78 is 2.01. The Kier molecular flexibility index (Phi) is 4.25. The van der Waals surface area contributed by atoms with Crippen LogP contribution in [0.5, 0.6) is 0 Å². The van der Waals surface area contributed by atoms with Crippen molar-refractivity contribution in [3.8, 4) is 0 Å². The lowest BCUT2D eigenvalue weighted by molar-refractivity contribution is -0.706. The van der Waals surface area contributed by atoms with Gasteiger partial charge in [0.1, 0.15) is 11.0 Å². The van der Waals surface area contributed by atoms with Gasteiger partial charge < -0.3 is 10.2 Å². The van der Waals surface area contributed by atoms with Crippen LogP contribution >= 0.6 is 11.3 Å². The third-order valence-electron chi connectivity index (χ3n) is 4.03. The van der Waals surface area contributed by atoms with Gasteiger partial charge in [0, 0.05) is 6.92 Å². The first kappa shape index (κ1) is 15.2. The lowest BCUT2D eigenvalue weighted by Gasteiger charge is -2.11. The van der Waals surface area contributed by atoms with Crippen molar-refractivity contribution in [1.82, 2.24) is 0 Å². The van der Waals surface area contributed by atoms with Crippen LogP contribution in [0.25, 0.3) is 10.8 Å². The van der Waals surface area contributed by atoms with Crippen LogP contribution in [0.3, 0.4) is 0 Å². The molecule has 0 aliphatic rings. The van der Waals surface area contributed by atoms with E-state index in [1.54, 1.807) is 6.92 Å². The summed E-state index contributed by atoms with van der Waals surface area (Å²) in [5, 5.41) is 22.6. The number of hydrogen-bond donors (Lipinski definition) is 2. The molecule has 1 heterocycles. The number of aromatic nitrogens is 1. The van der Waals surface area contributed by atoms with Crippen LogP contribution in [0.15, 0.2) is 48.0 Å². The molecule has 0 saturated carbocycles. The van der Waals surface area contributed by atoms with Crippen molar-refractivity contribution in [2.75, 3.05) is 0 Å². The Hall–Kier alpha value is -1.75. The van der Waals surface area contributed by atoms with E-state index in [-0.39, 0.29) is 0 Å². The van der Waals surface area contributed by atoms with E-state index >= 15 is 0 Å². The molecule has 0 amide bonds. The van der Waals surface area contributed by atoms with Crippen LogP contribution in [0.2, 0.25) is 0 Å². The number of aliphatic hydroxyl groups is 2. The van der Waals surface area contributed by atoms with Crippen LogP contribution < -0.4 is 4.57 Å². The van der Waals surface area contributed by atoms with Crippen molar-refractivity contribution >= 4 is 22.1 Å². The van der Waals surface area contributed by atoms with Gasteiger partial charge in [0.05, 0.1) is 6.10 Å². The average Bonchev–Trinajstić information content (AvgIpc) is 2.88. The molecule has 0 fully saturated rings. The van der Waals surface area contributed by atoms with Crippen molar-refractivity contribution in [3.63, 3.8) is 0 Å². The summed E-state index contributed by atoms with van der Waals surface area (Å²) >= 11 is 1.53. The van der Waals surface area contributed by atoms with Gasteiger partial charge >= 0.3 is 0 Å². The van der Waals surface area contributed by atoms with Crippen LogP contribution in [0.4, 0.5) is 0 Å². The molecular weight excluding hydrogens is 294 g/mol. The quantitative estimate of drug-likeness (QED) is 0.726. The highest BCUT2D eigenvalue weighted by Gasteiger charge is 2.22. The second-order valence-corrected chi connectivity index (χ2v) is 6.47. The maximum Gasteiger partial charge on any atom is 0.225 e. The summed E-state index contributed by atoms with van der Waals surface area (Å²) in [7, 11) is 0. The molecule has 2 unspecified atom stereocenters. The molecule has 0 aliphatic carbocycles. The number of hydrogen-bond acceptors (Lipinski definition) is 3. The molecule has 0 saturated heterocycles. The molecule has 0 bridgehead atoms. The molecule has 1 aromatic heterocycles. The summed E-state index contributed by atoms with van der Waals surface area (Å²) in [4.78, 5) is 0.949. The zero-order valence-electron chi connectivity index (χ0n) is 12.7. The standard InChI is InChI=1S/C18H20NO2S/c1-12-18(13(2)20)22-11-19(12)10-17(21)16-9-5-7-14-6-3-4-8-15(14)16/h3-9,11,13,17,20-21H,10H2,1-2H3/q+1. The fourth-order valence-corrected chi connectivity index (χ4v) is 3.80. The zero-order valence-corrected chi connectivity index (χ0v) is 13.5. The first-order valence-electron chi connectivity index (χ1n) is 7.39. The number of nitrogens with zero attached hydrogens (tertiary/aromatic N) is 1. The van der Waals surface area contributed by atoms with Gasteiger partial charge in [-0.05, 0) is 23.3 Å². The van der Waals surface area contributed by atoms with E-state index in [1.165, 1.54) is 11.3 Å². The summed E-state index contributed by atoms with van der Waals surface area (Å²) in [6.45, 7) is 4.24. The largest absolute Gasteiger partial charge is 0.388 e. The Labute approximate surface area is 134 Å². The van der Waals surface area contributed by atoms with Crippen LogP contribution in [0.1, 0.15) is 35.3 Å². The van der Waals surface area contributed by atoms with E-state index < -0.39 is 12.2 Å². The molecule has 3 nitrogen and oxygen atoms in total. The van der Waals surface area contributed by atoms with Gasteiger partial charge in [0.2, 0.25) is 5.51 Å². The van der Waals surface area contributed by atoms with E-state index in [2.05, 4.69) is 12.1 Å². The smallest absolute Gasteiger partial charge is 0.225 e. The number of aliphatic hydroxyl groups excluding tert-OH is 2. The van der Waals surface area contributed by atoms with Crippen molar-refractivity contribution in [2.45, 2.75) is 32.6 Å². The van der Waals surface area contributed by atoms with Gasteiger partial charge in [-0.2, -0.15) is 4.57 Å². The molecule has 114 valence electrons. The van der Waals surface area contributed by atoms with Gasteiger partial charge in [0.25, 0.3) is 0 Å². The molecule has 3 rings (SSSR count). The number of thiazole rings is 1. The van der Waals surface area contributed by atoms with E-state index in [9.17, 15) is 10.2 Å². The van der Waals surface area contributed by atoms with E-state index in [0.717, 1.165) is 26.9 Å². The fraction of sp³-hybridized carbons (Fsp3) is 0.278. The minimum absolute atomic E-state index is 0.471. The Bertz CT molecular complexity index is 789. The van der Waals surface area contributed by atoms with E-state index in [0.29, 0.717) is 6.54 Å². The molecule has 2 N–H and O–H groups in total. The molecule has 0 aliphatic heterocycles.